The van der Waals surface area contributed by atoms with E-state index in [0.717, 1.165) is 12.2 Å². The van der Waals surface area contributed by atoms with Gasteiger partial charge in [-0.25, -0.2) is 0 Å². The number of hydrogen-bond acceptors (Lipinski definition) is 3. The Morgan fingerprint density at radius 2 is 2.00 bits per heavy atom. The number of aliphatic carboxylic acids is 1. The zero-order valence-electron chi connectivity index (χ0n) is 6.53. The van der Waals surface area contributed by atoms with Crippen LogP contribution >= 0.6 is 20.0 Å². The first-order chi connectivity index (χ1) is 5.33. The molecule has 0 spiro atoms. The average Bonchev–Trinajstić information content (AvgIpc) is 1.84. The molecule has 0 radical (unpaired) electrons. The number of halogens is 1. The van der Waals surface area contributed by atoms with Crippen molar-refractivity contribution in [2.24, 2.45) is 5.73 Å². The van der Waals surface area contributed by atoms with Gasteiger partial charge in [0.1, 0.15) is 6.04 Å². The van der Waals surface area contributed by atoms with E-state index >= 15 is 0 Å². The zero-order chi connectivity index (χ0) is 9.78. The summed E-state index contributed by atoms with van der Waals surface area (Å²) in [5.41, 5.74) is 5.01. The lowest BCUT2D eigenvalue weighted by atomic mass is 10.3. The minimum Gasteiger partial charge on any atom is -0.480 e. The topological polar surface area (TPSA) is 121 Å². The molecule has 1 atom stereocenters. The highest BCUT2D eigenvalue weighted by molar-refractivity contribution is 7.51. The largest absolute Gasteiger partial charge is 0.480 e. The molecule has 0 aliphatic rings. The van der Waals surface area contributed by atoms with Gasteiger partial charge in [-0.05, 0) is 0 Å². The lowest BCUT2D eigenvalue weighted by molar-refractivity contribution is -0.137. The minimum atomic E-state index is -4.09. The van der Waals surface area contributed by atoms with E-state index in [-0.39, 0.29) is 12.4 Å². The van der Waals surface area contributed by atoms with Gasteiger partial charge in [-0.2, -0.15) is 0 Å². The van der Waals surface area contributed by atoms with Gasteiger partial charge in [0.2, 0.25) is 0 Å². The van der Waals surface area contributed by atoms with Crippen LogP contribution in [0.3, 0.4) is 0 Å². The van der Waals surface area contributed by atoms with Gasteiger partial charge >= 0.3 is 13.6 Å². The average molecular weight is 232 g/mol. The van der Waals surface area contributed by atoms with E-state index in [9.17, 15) is 9.36 Å². The maximum absolute atomic E-state index is 10.2. The van der Waals surface area contributed by atoms with Crippen molar-refractivity contribution in [3.8, 4) is 0 Å². The molecular formula is C5H11ClNO5P. The molecule has 0 saturated heterocycles. The fraction of sp³-hybridized carbons (Fsp3) is 0.400. The molecule has 0 aliphatic carbocycles. The van der Waals surface area contributed by atoms with Crippen molar-refractivity contribution in [2.75, 3.05) is 6.16 Å². The second-order valence-corrected chi connectivity index (χ2v) is 3.83. The van der Waals surface area contributed by atoms with E-state index in [0.29, 0.717) is 0 Å². The molecule has 6 nitrogen and oxygen atoms in total. The minimum absolute atomic E-state index is 0. The number of rotatable bonds is 4. The molecule has 5 N–H and O–H groups in total. The van der Waals surface area contributed by atoms with Crippen LogP contribution in [0.4, 0.5) is 0 Å². The number of carbonyl (C=O) groups is 1. The molecule has 0 heterocycles. The van der Waals surface area contributed by atoms with Gasteiger partial charge in [-0.1, -0.05) is 12.2 Å². The molecule has 0 unspecified atom stereocenters. The van der Waals surface area contributed by atoms with Gasteiger partial charge < -0.3 is 20.6 Å². The number of hydrogen-bond donors (Lipinski definition) is 4. The lowest BCUT2D eigenvalue weighted by Gasteiger charge is -1.99. The van der Waals surface area contributed by atoms with E-state index in [4.69, 9.17) is 20.6 Å². The molecule has 0 aromatic heterocycles. The molecule has 13 heavy (non-hydrogen) atoms. The van der Waals surface area contributed by atoms with E-state index in [2.05, 4.69) is 0 Å². The molecule has 0 aliphatic heterocycles. The lowest BCUT2D eigenvalue weighted by Crippen LogP contribution is -2.27. The van der Waals surface area contributed by atoms with Crippen LogP contribution in [0.2, 0.25) is 0 Å². The molecule has 0 bridgehead atoms. The molecule has 8 heteroatoms. The summed E-state index contributed by atoms with van der Waals surface area (Å²) in [6.07, 6.45) is 1.59. The standard InChI is InChI=1S/C5H10NO5P.ClH/c6-4(5(7)8)2-1-3-12(9,10)11;/h1-2,4H,3,6H2,(H,7,8)(H2,9,10,11);1H/b2-1+;/t4-;/m0./s1. The Morgan fingerprint density at radius 3 is 2.31 bits per heavy atom. The maximum atomic E-state index is 10.2. The number of carboxylic acids is 1. The molecule has 0 fully saturated rings. The summed E-state index contributed by atoms with van der Waals surface area (Å²) in [5, 5.41) is 8.24. The third kappa shape index (κ3) is 9.52. The molecule has 0 amide bonds. The predicted molar refractivity (Wildman–Crippen MR) is 48.9 cm³/mol. The number of nitrogens with two attached hydrogens (primary N) is 1. The Labute approximate surface area is 81.0 Å². The van der Waals surface area contributed by atoms with Crippen LogP contribution < -0.4 is 5.73 Å². The second-order valence-electron chi connectivity index (χ2n) is 2.14. The monoisotopic (exact) mass is 231 g/mol. The Kier molecular flexibility index (Phi) is 7.11. The van der Waals surface area contributed by atoms with Crippen LogP contribution in [0.25, 0.3) is 0 Å². The third-order valence-corrected chi connectivity index (χ3v) is 1.66. The zero-order valence-corrected chi connectivity index (χ0v) is 8.24. The van der Waals surface area contributed by atoms with E-state index < -0.39 is 25.8 Å². The number of allylic oxidation sites excluding steroid dienone is 1. The fourth-order valence-electron chi connectivity index (χ4n) is 0.427. The van der Waals surface area contributed by atoms with Gasteiger partial charge in [0.15, 0.2) is 0 Å². The van der Waals surface area contributed by atoms with Gasteiger partial charge in [0.05, 0.1) is 6.16 Å². The van der Waals surface area contributed by atoms with Crippen LogP contribution in [0.15, 0.2) is 12.2 Å². The van der Waals surface area contributed by atoms with Crippen molar-refractivity contribution in [2.45, 2.75) is 6.04 Å². The van der Waals surface area contributed by atoms with Crippen LogP contribution in [0, 0.1) is 0 Å². The van der Waals surface area contributed by atoms with Crippen LogP contribution in [-0.2, 0) is 9.36 Å². The predicted octanol–water partition coefficient (Wildman–Crippen LogP) is -0.446. The Morgan fingerprint density at radius 1 is 1.54 bits per heavy atom. The Hall–Kier alpha value is -0.390. The van der Waals surface area contributed by atoms with E-state index in [1.165, 1.54) is 0 Å². The van der Waals surface area contributed by atoms with Crippen LogP contribution in [0.1, 0.15) is 0 Å². The molecule has 0 saturated carbocycles. The Balaban J connectivity index is 0. The van der Waals surface area contributed by atoms with Crippen molar-refractivity contribution < 1.29 is 24.3 Å². The molecule has 0 rings (SSSR count). The van der Waals surface area contributed by atoms with Crippen molar-refractivity contribution >= 4 is 26.0 Å². The molecule has 0 aromatic rings. The summed E-state index contributed by atoms with van der Waals surface area (Å²) < 4.78 is 10.2. The third-order valence-electron chi connectivity index (χ3n) is 0.972. The van der Waals surface area contributed by atoms with Gasteiger partial charge in [0.25, 0.3) is 0 Å². The van der Waals surface area contributed by atoms with Crippen molar-refractivity contribution in [1.29, 1.82) is 0 Å². The summed E-state index contributed by atoms with van der Waals surface area (Å²) in [5.74, 6) is -1.24. The highest BCUT2D eigenvalue weighted by atomic mass is 35.5. The van der Waals surface area contributed by atoms with Gasteiger partial charge in [-0.15, -0.1) is 12.4 Å². The van der Waals surface area contributed by atoms with Crippen LogP contribution in [0.5, 0.6) is 0 Å². The molecular weight excluding hydrogens is 220 g/mol. The highest BCUT2D eigenvalue weighted by Crippen LogP contribution is 2.33. The number of carboxylic acid groups (broad SMARTS) is 1. The maximum Gasteiger partial charge on any atom is 0.329 e. The first kappa shape index (κ1) is 15.1. The first-order valence-corrected chi connectivity index (χ1v) is 4.82. The summed E-state index contributed by atoms with van der Waals surface area (Å²) in [4.78, 5) is 26.8. The van der Waals surface area contributed by atoms with Crippen LogP contribution in [-0.4, -0.2) is 33.1 Å². The SMILES string of the molecule is Cl.N[C@@H](/C=C/CP(=O)(O)O)C(=O)O. The van der Waals surface area contributed by atoms with E-state index in [1.807, 2.05) is 0 Å². The van der Waals surface area contributed by atoms with Gasteiger partial charge in [0, 0.05) is 0 Å². The summed E-state index contributed by atoms with van der Waals surface area (Å²) in [6, 6.07) is -1.21. The summed E-state index contributed by atoms with van der Waals surface area (Å²) in [6.45, 7) is 0. The van der Waals surface area contributed by atoms with Gasteiger partial charge in [-0.3, -0.25) is 9.36 Å². The van der Waals surface area contributed by atoms with Crippen molar-refractivity contribution in [3.63, 3.8) is 0 Å². The smallest absolute Gasteiger partial charge is 0.329 e. The summed E-state index contributed by atoms with van der Waals surface area (Å²) in [7, 11) is -4.09. The highest BCUT2D eigenvalue weighted by Gasteiger charge is 2.10. The molecule has 0 aromatic carbocycles. The van der Waals surface area contributed by atoms with Crippen molar-refractivity contribution in [1.82, 2.24) is 0 Å². The Bertz CT molecular complexity index is 237. The second kappa shape index (κ2) is 6.12. The quantitative estimate of drug-likeness (QED) is 0.384. The fourth-order valence-corrected chi connectivity index (χ4v) is 0.823. The molecule has 78 valence electrons. The normalized spacial score (nSPS) is 13.8. The van der Waals surface area contributed by atoms with E-state index in [1.54, 1.807) is 0 Å². The first-order valence-electron chi connectivity index (χ1n) is 3.02. The summed E-state index contributed by atoms with van der Waals surface area (Å²) >= 11 is 0. The van der Waals surface area contributed by atoms with Crippen molar-refractivity contribution in [3.05, 3.63) is 12.2 Å².